The van der Waals surface area contributed by atoms with E-state index in [1.54, 1.807) is 16.6 Å². The number of amides is 2. The first-order valence-corrected chi connectivity index (χ1v) is 17.5. The Bertz CT molecular complexity index is 1470. The van der Waals surface area contributed by atoms with Crippen LogP contribution in [0.25, 0.3) is 0 Å². The Kier molecular flexibility index (Phi) is 8.06. The lowest BCUT2D eigenvalue weighted by Gasteiger charge is -2.45. The van der Waals surface area contributed by atoms with Gasteiger partial charge in [-0.15, -0.1) is 5.10 Å². The molecule has 4 saturated heterocycles. The number of sulfonamides is 1. The monoisotopic (exact) mass is 611 g/mol. The maximum atomic E-state index is 13.1. The van der Waals surface area contributed by atoms with Crippen LogP contribution in [0.5, 0.6) is 0 Å². The van der Waals surface area contributed by atoms with Gasteiger partial charge in [-0.3, -0.25) is 9.69 Å². The Hall–Kier alpha value is -2.96. The molecule has 12 heteroatoms. The molecule has 2 spiro atoms. The quantitative estimate of drug-likeness (QED) is 0.551. The Labute approximate surface area is 255 Å². The zero-order valence-electron chi connectivity index (χ0n) is 25.7. The topological polar surface area (TPSA) is 111 Å². The first-order chi connectivity index (χ1) is 20.5. The molecule has 1 aromatic carbocycles. The lowest BCUT2D eigenvalue weighted by Crippen LogP contribution is -2.53. The number of piperidine rings is 2. The molecule has 4 fully saturated rings. The molecule has 43 heavy (non-hydrogen) atoms. The van der Waals surface area contributed by atoms with Gasteiger partial charge in [0.05, 0.1) is 6.26 Å². The highest BCUT2D eigenvalue weighted by Crippen LogP contribution is 2.44. The van der Waals surface area contributed by atoms with Gasteiger partial charge in [0.25, 0.3) is 0 Å². The number of aromatic nitrogens is 2. The second-order valence-corrected chi connectivity index (χ2v) is 15.3. The summed E-state index contributed by atoms with van der Waals surface area (Å²) >= 11 is 0. The van der Waals surface area contributed by atoms with Crippen molar-refractivity contribution in [3.8, 4) is 0 Å². The maximum Gasteiger partial charge on any atom is 0.344 e. The maximum absolute atomic E-state index is 13.1. The van der Waals surface area contributed by atoms with Crippen LogP contribution in [0.2, 0.25) is 0 Å². The van der Waals surface area contributed by atoms with Crippen molar-refractivity contribution in [3.05, 3.63) is 41.6 Å². The van der Waals surface area contributed by atoms with Crippen LogP contribution in [-0.4, -0.2) is 102 Å². The largest absolute Gasteiger partial charge is 0.371 e. The van der Waals surface area contributed by atoms with Crippen molar-refractivity contribution >= 4 is 33.5 Å². The molecule has 5 heterocycles. The van der Waals surface area contributed by atoms with E-state index in [1.807, 2.05) is 4.90 Å². The smallest absolute Gasteiger partial charge is 0.344 e. The Morgan fingerprint density at radius 1 is 0.953 bits per heavy atom. The highest BCUT2D eigenvalue weighted by atomic mass is 32.2. The van der Waals surface area contributed by atoms with Gasteiger partial charge in [0.1, 0.15) is 0 Å². The van der Waals surface area contributed by atoms with Crippen molar-refractivity contribution in [3.63, 3.8) is 0 Å². The fraction of sp³-hybridized carbons (Fsp3) is 0.645. The number of nitrogens with one attached hydrogen (secondary N) is 1. The van der Waals surface area contributed by atoms with E-state index in [0.717, 1.165) is 71.1 Å². The number of benzene rings is 1. The van der Waals surface area contributed by atoms with Crippen LogP contribution in [0.1, 0.15) is 63.0 Å². The molecule has 6 rings (SSSR count). The Morgan fingerprint density at radius 3 is 2.35 bits per heavy atom. The van der Waals surface area contributed by atoms with Crippen molar-refractivity contribution in [2.24, 2.45) is 5.41 Å². The fourth-order valence-corrected chi connectivity index (χ4v) is 8.79. The lowest BCUT2D eigenvalue weighted by atomic mass is 9.77. The van der Waals surface area contributed by atoms with Gasteiger partial charge in [-0.25, -0.2) is 17.5 Å². The number of hydrogen-bond donors (Lipinski definition) is 1. The van der Waals surface area contributed by atoms with Gasteiger partial charge in [0.2, 0.25) is 15.9 Å². The molecule has 11 nitrogen and oxygen atoms in total. The number of carbonyl (C=O) groups is 2. The molecule has 2 amide bonds. The molecule has 0 bridgehead atoms. The number of nitrogens with zero attached hydrogens (tertiary/aromatic N) is 6. The molecular formula is C31H45N7O4S. The summed E-state index contributed by atoms with van der Waals surface area (Å²) in [6.07, 6.45) is 10.1. The van der Waals surface area contributed by atoms with Gasteiger partial charge in [-0.1, -0.05) is 12.1 Å². The van der Waals surface area contributed by atoms with Crippen molar-refractivity contribution in [1.29, 1.82) is 0 Å². The number of rotatable bonds is 5. The van der Waals surface area contributed by atoms with Gasteiger partial charge in [0, 0.05) is 76.2 Å². The number of carbonyl (C=O) groups excluding carboxylic acids is 2. The normalized spacial score (nSPS) is 22.5. The highest BCUT2D eigenvalue weighted by Gasteiger charge is 2.45. The number of hydrogen-bond acceptors (Lipinski definition) is 7. The summed E-state index contributed by atoms with van der Waals surface area (Å²) in [5, 5.41) is 6.86. The number of likely N-dealkylation sites (tertiary alicyclic amines) is 2. The zero-order chi connectivity index (χ0) is 30.4. The number of anilines is 2. The third-order valence-electron chi connectivity index (χ3n) is 10.4. The van der Waals surface area contributed by atoms with Gasteiger partial charge in [-0.05, 0) is 81.0 Å². The van der Waals surface area contributed by atoms with E-state index in [4.69, 9.17) is 0 Å². The SMILES string of the molecule is CC(=O)Nc1ccn(C(=O)N2CCC3(CCCN3Cc3ccc(C)cc3N3CCC4(CC3)CCN(S(C)(=O)=O)C4)CC2)n1. The Balaban J connectivity index is 1.10. The van der Waals surface area contributed by atoms with E-state index >= 15 is 0 Å². The molecule has 4 aliphatic heterocycles. The van der Waals surface area contributed by atoms with Gasteiger partial charge in [0.15, 0.2) is 5.82 Å². The van der Waals surface area contributed by atoms with E-state index in [0.29, 0.717) is 32.0 Å². The minimum absolute atomic E-state index is 0.0926. The average Bonchev–Trinajstić information content (AvgIpc) is 3.70. The van der Waals surface area contributed by atoms with Crippen molar-refractivity contribution in [1.82, 2.24) is 23.9 Å². The van der Waals surface area contributed by atoms with Crippen LogP contribution in [0, 0.1) is 12.3 Å². The first-order valence-electron chi connectivity index (χ1n) is 15.6. The first kappa shape index (κ1) is 30.1. The molecule has 2 aromatic rings. The predicted molar refractivity (Wildman–Crippen MR) is 167 cm³/mol. The molecule has 1 aromatic heterocycles. The van der Waals surface area contributed by atoms with Crippen LogP contribution >= 0.6 is 0 Å². The fourth-order valence-electron chi connectivity index (χ4n) is 7.86. The van der Waals surface area contributed by atoms with Crippen LogP contribution in [0.3, 0.4) is 0 Å². The molecule has 234 valence electrons. The van der Waals surface area contributed by atoms with E-state index in [2.05, 4.69) is 45.3 Å². The minimum atomic E-state index is -3.13. The minimum Gasteiger partial charge on any atom is -0.371 e. The summed E-state index contributed by atoms with van der Waals surface area (Å²) < 4.78 is 27.3. The van der Waals surface area contributed by atoms with Crippen molar-refractivity contribution in [2.45, 2.75) is 70.9 Å². The summed E-state index contributed by atoms with van der Waals surface area (Å²) in [4.78, 5) is 31.6. The van der Waals surface area contributed by atoms with Crippen molar-refractivity contribution < 1.29 is 18.0 Å². The van der Waals surface area contributed by atoms with Crippen LogP contribution < -0.4 is 10.2 Å². The summed E-state index contributed by atoms with van der Waals surface area (Å²) in [5.74, 6) is 0.169. The second-order valence-electron chi connectivity index (χ2n) is 13.3. The van der Waals surface area contributed by atoms with E-state index < -0.39 is 10.0 Å². The molecule has 0 radical (unpaired) electrons. The van der Waals surface area contributed by atoms with Crippen molar-refractivity contribution in [2.75, 3.05) is 62.3 Å². The third-order valence-corrected chi connectivity index (χ3v) is 11.7. The zero-order valence-corrected chi connectivity index (χ0v) is 26.5. The molecule has 0 atom stereocenters. The van der Waals surface area contributed by atoms with E-state index in [9.17, 15) is 18.0 Å². The summed E-state index contributed by atoms with van der Waals surface area (Å²) in [6, 6.07) is 8.33. The second kappa shape index (κ2) is 11.5. The van der Waals surface area contributed by atoms with Crippen LogP contribution in [0.4, 0.5) is 16.3 Å². The number of aryl methyl sites for hydroxylation is 1. The average molecular weight is 612 g/mol. The van der Waals surface area contributed by atoms with E-state index in [-0.39, 0.29) is 22.9 Å². The van der Waals surface area contributed by atoms with Gasteiger partial charge < -0.3 is 15.1 Å². The standard InChI is InChI=1S/C31H45N7O4S/c1-24-5-6-26(27(21-24)34-16-9-30(10-17-34)11-20-37(23-30)43(3,41)42)22-36-14-4-8-31(36)12-18-35(19-13-31)29(40)38-15-7-28(33-38)32-25(2)39/h5-7,15,21H,4,8-14,16-20,22-23H2,1-3H3,(H,32,33,39). The van der Waals surface area contributed by atoms with Gasteiger partial charge in [-0.2, -0.15) is 4.68 Å². The molecule has 0 unspecified atom stereocenters. The third kappa shape index (κ3) is 6.19. The highest BCUT2D eigenvalue weighted by molar-refractivity contribution is 7.88. The molecule has 0 aliphatic carbocycles. The molecule has 0 saturated carbocycles. The van der Waals surface area contributed by atoms with E-state index in [1.165, 1.54) is 34.7 Å². The molecular weight excluding hydrogens is 566 g/mol. The molecule has 1 N–H and O–H groups in total. The van der Waals surface area contributed by atoms with Gasteiger partial charge >= 0.3 is 6.03 Å². The summed E-state index contributed by atoms with van der Waals surface area (Å²) in [5.41, 5.74) is 4.13. The lowest BCUT2D eigenvalue weighted by molar-refractivity contribution is -0.114. The van der Waals surface area contributed by atoms with Crippen LogP contribution in [-0.2, 0) is 21.4 Å². The Morgan fingerprint density at radius 2 is 1.67 bits per heavy atom. The molecule has 4 aliphatic rings. The predicted octanol–water partition coefficient (Wildman–Crippen LogP) is 3.50. The summed E-state index contributed by atoms with van der Waals surface area (Å²) in [7, 11) is -3.13. The summed E-state index contributed by atoms with van der Waals surface area (Å²) in [6.45, 7) is 10.1. The van der Waals surface area contributed by atoms with Crippen LogP contribution in [0.15, 0.2) is 30.5 Å².